The number of nitrogens with one attached hydrogen (secondary N) is 1. The zero-order valence-corrected chi connectivity index (χ0v) is 14.7. The summed E-state index contributed by atoms with van der Waals surface area (Å²) in [6, 6.07) is 3.23. The Balaban J connectivity index is 1.98. The summed E-state index contributed by atoms with van der Waals surface area (Å²) in [5.74, 6) is -1.84. The topological polar surface area (TPSA) is 112 Å². The maximum Gasteiger partial charge on any atom is 0.279 e. The molecule has 0 saturated heterocycles. The zero-order valence-electron chi connectivity index (χ0n) is 14.7. The summed E-state index contributed by atoms with van der Waals surface area (Å²) in [7, 11) is 1.31. The highest BCUT2D eigenvalue weighted by Crippen LogP contribution is 2.38. The molecule has 2 heterocycles. The molecule has 28 heavy (non-hydrogen) atoms. The van der Waals surface area contributed by atoms with Crippen molar-refractivity contribution >= 4 is 17.4 Å². The largest absolute Gasteiger partial charge is 0.479 e. The first-order valence-electron chi connectivity index (χ1n) is 8.04. The second kappa shape index (κ2) is 7.80. The van der Waals surface area contributed by atoms with E-state index < -0.39 is 35.9 Å². The van der Waals surface area contributed by atoms with Crippen LogP contribution in [0.2, 0.25) is 0 Å². The van der Waals surface area contributed by atoms with Crippen molar-refractivity contribution < 1.29 is 27.4 Å². The molecule has 0 saturated carbocycles. The third-order valence-corrected chi connectivity index (χ3v) is 4.04. The lowest BCUT2D eigenvalue weighted by atomic mass is 9.90. The zero-order chi connectivity index (χ0) is 20.3. The lowest BCUT2D eigenvalue weighted by Gasteiger charge is -2.33. The number of anilines is 1. The van der Waals surface area contributed by atoms with Crippen LogP contribution in [0.3, 0.4) is 0 Å². The Hall–Kier alpha value is -3.21. The van der Waals surface area contributed by atoms with Crippen LogP contribution in [-0.2, 0) is 10.3 Å². The van der Waals surface area contributed by atoms with Gasteiger partial charge in [0.1, 0.15) is 18.3 Å². The van der Waals surface area contributed by atoms with E-state index in [0.29, 0.717) is 0 Å². The van der Waals surface area contributed by atoms with E-state index >= 15 is 0 Å². The molecule has 0 spiro atoms. The van der Waals surface area contributed by atoms with E-state index in [1.54, 1.807) is 0 Å². The SMILES string of the molecule is COc1nccnc1C(=O)Nc1ccc(F)c(C2(C(F)F)COCC(N)=N2)c1. The molecule has 1 aliphatic heterocycles. The Kier molecular flexibility index (Phi) is 5.45. The molecule has 0 aliphatic carbocycles. The van der Waals surface area contributed by atoms with Crippen LogP contribution in [-0.4, -0.2) is 48.5 Å². The number of carbonyl (C=O) groups excluding carboxylic acids is 1. The molecule has 1 aromatic carbocycles. The van der Waals surface area contributed by atoms with Crippen molar-refractivity contribution in [1.29, 1.82) is 0 Å². The van der Waals surface area contributed by atoms with Gasteiger partial charge in [0.25, 0.3) is 12.3 Å². The highest BCUT2D eigenvalue weighted by atomic mass is 19.3. The van der Waals surface area contributed by atoms with Crippen molar-refractivity contribution in [3.8, 4) is 5.88 Å². The minimum absolute atomic E-state index is 0.0237. The van der Waals surface area contributed by atoms with Crippen LogP contribution >= 0.6 is 0 Å². The molecule has 3 rings (SSSR count). The number of rotatable bonds is 5. The Morgan fingerprint density at radius 2 is 2.11 bits per heavy atom. The summed E-state index contributed by atoms with van der Waals surface area (Å²) < 4.78 is 52.1. The summed E-state index contributed by atoms with van der Waals surface area (Å²) in [5, 5.41) is 2.45. The van der Waals surface area contributed by atoms with Gasteiger partial charge < -0.3 is 20.5 Å². The first-order valence-corrected chi connectivity index (χ1v) is 8.04. The van der Waals surface area contributed by atoms with E-state index in [4.69, 9.17) is 15.2 Å². The third-order valence-electron chi connectivity index (χ3n) is 4.04. The van der Waals surface area contributed by atoms with Crippen molar-refractivity contribution in [3.05, 3.63) is 47.7 Å². The number of amides is 1. The highest BCUT2D eigenvalue weighted by molar-refractivity contribution is 6.04. The lowest BCUT2D eigenvalue weighted by molar-refractivity contribution is -0.0145. The van der Waals surface area contributed by atoms with Crippen molar-refractivity contribution in [2.24, 2.45) is 10.7 Å². The smallest absolute Gasteiger partial charge is 0.279 e. The van der Waals surface area contributed by atoms with Gasteiger partial charge in [0, 0.05) is 23.6 Å². The number of nitrogens with two attached hydrogens (primary N) is 1. The van der Waals surface area contributed by atoms with Gasteiger partial charge in [-0.2, -0.15) is 0 Å². The van der Waals surface area contributed by atoms with E-state index in [2.05, 4.69) is 20.3 Å². The normalized spacial score (nSPS) is 19.2. The fourth-order valence-electron chi connectivity index (χ4n) is 2.75. The predicted octanol–water partition coefficient (Wildman–Crippen LogP) is 1.72. The number of aromatic nitrogens is 2. The number of methoxy groups -OCH3 is 1. The predicted molar refractivity (Wildman–Crippen MR) is 93.1 cm³/mol. The van der Waals surface area contributed by atoms with Crippen LogP contribution in [0.1, 0.15) is 16.1 Å². The van der Waals surface area contributed by atoms with E-state index in [0.717, 1.165) is 12.1 Å². The molecule has 1 aromatic heterocycles. The van der Waals surface area contributed by atoms with Crippen LogP contribution in [0.5, 0.6) is 5.88 Å². The summed E-state index contributed by atoms with van der Waals surface area (Å²) in [5.41, 5.74) is 2.70. The fraction of sp³-hybridized carbons (Fsp3) is 0.294. The van der Waals surface area contributed by atoms with E-state index in [1.807, 2.05) is 0 Å². The molecule has 148 valence electrons. The first kappa shape index (κ1) is 19.5. The van der Waals surface area contributed by atoms with Gasteiger partial charge in [0.2, 0.25) is 5.88 Å². The number of aliphatic imine (C=N–C) groups is 1. The number of hydrogen-bond donors (Lipinski definition) is 2. The van der Waals surface area contributed by atoms with Crippen molar-refractivity contribution in [2.45, 2.75) is 12.0 Å². The van der Waals surface area contributed by atoms with E-state index in [-0.39, 0.29) is 29.7 Å². The van der Waals surface area contributed by atoms with Gasteiger partial charge >= 0.3 is 0 Å². The fourth-order valence-corrected chi connectivity index (χ4v) is 2.75. The summed E-state index contributed by atoms with van der Waals surface area (Å²) >= 11 is 0. The number of carbonyl (C=O) groups is 1. The summed E-state index contributed by atoms with van der Waals surface area (Å²) in [4.78, 5) is 23.9. The number of amidine groups is 1. The number of halogens is 3. The second-order valence-electron chi connectivity index (χ2n) is 5.88. The Morgan fingerprint density at radius 3 is 2.79 bits per heavy atom. The van der Waals surface area contributed by atoms with Crippen LogP contribution in [0.15, 0.2) is 35.6 Å². The number of ether oxygens (including phenoxy) is 2. The number of benzene rings is 1. The van der Waals surface area contributed by atoms with E-state index in [1.165, 1.54) is 25.6 Å². The third kappa shape index (κ3) is 3.60. The van der Waals surface area contributed by atoms with Gasteiger partial charge in [-0.3, -0.25) is 9.79 Å². The quantitative estimate of drug-likeness (QED) is 0.798. The van der Waals surface area contributed by atoms with Crippen LogP contribution < -0.4 is 15.8 Å². The van der Waals surface area contributed by atoms with Gasteiger partial charge in [-0.25, -0.2) is 23.1 Å². The molecule has 1 aliphatic rings. The van der Waals surface area contributed by atoms with Gasteiger partial charge in [0.15, 0.2) is 11.2 Å². The minimum Gasteiger partial charge on any atom is -0.479 e. The van der Waals surface area contributed by atoms with Crippen molar-refractivity contribution in [3.63, 3.8) is 0 Å². The summed E-state index contributed by atoms with van der Waals surface area (Å²) in [6.45, 7) is -0.684. The maximum atomic E-state index is 14.4. The highest BCUT2D eigenvalue weighted by Gasteiger charge is 2.46. The number of nitrogens with zero attached hydrogens (tertiary/aromatic N) is 3. The average Bonchev–Trinajstić information content (AvgIpc) is 2.69. The first-order chi connectivity index (χ1) is 13.4. The Labute approximate surface area is 157 Å². The van der Waals surface area contributed by atoms with Crippen LogP contribution in [0, 0.1) is 5.82 Å². The molecule has 0 radical (unpaired) electrons. The standard InChI is InChI=1S/C17H16F3N5O3/c1-27-15-13(22-4-5-23-15)14(26)24-9-2-3-11(18)10(6-9)17(16(19)20)8-28-7-12(21)25-17/h2-6,16H,7-8H2,1H3,(H2,21,25)(H,24,26). The molecule has 0 fully saturated rings. The molecular weight excluding hydrogens is 379 g/mol. The van der Waals surface area contributed by atoms with E-state index in [9.17, 15) is 18.0 Å². The van der Waals surface area contributed by atoms with Gasteiger partial charge in [0.05, 0.1) is 13.7 Å². The average molecular weight is 395 g/mol. The molecule has 1 unspecified atom stereocenters. The maximum absolute atomic E-state index is 14.4. The Bertz CT molecular complexity index is 925. The van der Waals surface area contributed by atoms with Crippen LogP contribution in [0.4, 0.5) is 18.9 Å². The molecule has 1 amide bonds. The van der Waals surface area contributed by atoms with Crippen molar-refractivity contribution in [2.75, 3.05) is 25.6 Å². The molecule has 8 nitrogen and oxygen atoms in total. The second-order valence-corrected chi connectivity index (χ2v) is 5.88. The molecule has 3 N–H and O–H groups in total. The molecular formula is C17H16F3N5O3. The molecule has 2 aromatic rings. The molecule has 1 atom stereocenters. The Morgan fingerprint density at radius 1 is 1.36 bits per heavy atom. The summed E-state index contributed by atoms with van der Waals surface area (Å²) in [6.07, 6.45) is -0.466. The lowest BCUT2D eigenvalue weighted by Crippen LogP contribution is -2.45. The number of alkyl halides is 2. The number of hydrogen-bond acceptors (Lipinski definition) is 7. The van der Waals surface area contributed by atoms with Gasteiger partial charge in [-0.05, 0) is 18.2 Å². The van der Waals surface area contributed by atoms with Gasteiger partial charge in [-0.15, -0.1) is 0 Å². The van der Waals surface area contributed by atoms with Crippen LogP contribution in [0.25, 0.3) is 0 Å². The monoisotopic (exact) mass is 395 g/mol. The van der Waals surface area contributed by atoms with Gasteiger partial charge in [-0.1, -0.05) is 0 Å². The molecule has 0 bridgehead atoms. The minimum atomic E-state index is -3.09. The molecule has 11 heteroatoms. The van der Waals surface area contributed by atoms with Crippen molar-refractivity contribution in [1.82, 2.24) is 9.97 Å².